The summed E-state index contributed by atoms with van der Waals surface area (Å²) < 4.78 is 0. The van der Waals surface area contributed by atoms with E-state index in [9.17, 15) is 4.79 Å². The maximum Gasteiger partial charge on any atom is 0.234 e. The Balaban J connectivity index is 2.43. The fraction of sp³-hybridized carbons (Fsp3) is 0.364. The van der Waals surface area contributed by atoms with E-state index < -0.39 is 0 Å². The number of nitrogens with one attached hydrogen (secondary N) is 1. The molecule has 0 aliphatic carbocycles. The number of halogens is 1. The van der Waals surface area contributed by atoms with Crippen LogP contribution in [0.4, 0.5) is 0 Å². The first-order valence-corrected chi connectivity index (χ1v) is 5.15. The summed E-state index contributed by atoms with van der Waals surface area (Å²) >= 11 is 5.37. The molecule has 0 spiro atoms. The zero-order valence-corrected chi connectivity index (χ0v) is 8.92. The maximum absolute atomic E-state index is 10.9. The van der Waals surface area contributed by atoms with Crippen LogP contribution in [0.3, 0.4) is 0 Å². The van der Waals surface area contributed by atoms with Crippen LogP contribution in [0.5, 0.6) is 0 Å². The van der Waals surface area contributed by atoms with Crippen molar-refractivity contribution >= 4 is 17.5 Å². The average molecular weight is 212 g/mol. The molecule has 1 atom stereocenters. The van der Waals surface area contributed by atoms with E-state index in [1.165, 1.54) is 5.56 Å². The average Bonchev–Trinajstić information content (AvgIpc) is 2.26. The minimum atomic E-state index is -0.116. The third-order valence-corrected chi connectivity index (χ3v) is 2.34. The summed E-state index contributed by atoms with van der Waals surface area (Å²) in [5.74, 6) is 0.236. The van der Waals surface area contributed by atoms with Gasteiger partial charge < -0.3 is 5.32 Å². The van der Waals surface area contributed by atoms with Crippen LogP contribution in [-0.2, 0) is 4.79 Å². The first-order valence-electron chi connectivity index (χ1n) is 4.61. The number of benzene rings is 1. The van der Waals surface area contributed by atoms with Gasteiger partial charge in [-0.1, -0.05) is 37.3 Å². The van der Waals surface area contributed by atoms with Crippen molar-refractivity contribution in [2.75, 3.05) is 12.4 Å². The second kappa shape index (κ2) is 5.66. The first-order chi connectivity index (χ1) is 6.74. The number of hydrogen-bond donors (Lipinski definition) is 1. The summed E-state index contributed by atoms with van der Waals surface area (Å²) in [5, 5.41) is 2.76. The van der Waals surface area contributed by atoms with E-state index in [2.05, 4.69) is 24.4 Å². The first kappa shape index (κ1) is 11.1. The van der Waals surface area contributed by atoms with E-state index in [1.54, 1.807) is 0 Å². The molecular weight excluding hydrogens is 198 g/mol. The lowest BCUT2D eigenvalue weighted by molar-refractivity contribution is -0.118. The van der Waals surface area contributed by atoms with Crippen molar-refractivity contribution in [2.24, 2.45) is 0 Å². The van der Waals surface area contributed by atoms with Crippen LogP contribution in [0.25, 0.3) is 0 Å². The van der Waals surface area contributed by atoms with Crippen LogP contribution in [0.1, 0.15) is 18.4 Å². The predicted molar refractivity (Wildman–Crippen MR) is 58.6 cm³/mol. The van der Waals surface area contributed by atoms with Gasteiger partial charge in [-0.15, -0.1) is 11.6 Å². The van der Waals surface area contributed by atoms with Gasteiger partial charge >= 0.3 is 0 Å². The highest BCUT2D eigenvalue weighted by Crippen LogP contribution is 2.12. The van der Waals surface area contributed by atoms with E-state index >= 15 is 0 Å². The summed E-state index contributed by atoms with van der Waals surface area (Å²) in [5.41, 5.74) is 1.22. The molecule has 0 heterocycles. The van der Waals surface area contributed by atoms with Crippen molar-refractivity contribution in [2.45, 2.75) is 12.8 Å². The zero-order valence-electron chi connectivity index (χ0n) is 8.16. The van der Waals surface area contributed by atoms with Crippen molar-refractivity contribution in [1.29, 1.82) is 0 Å². The normalized spacial score (nSPS) is 12.1. The lowest BCUT2D eigenvalue weighted by Gasteiger charge is -2.11. The molecule has 1 amide bonds. The Morgan fingerprint density at radius 3 is 2.64 bits per heavy atom. The van der Waals surface area contributed by atoms with Gasteiger partial charge in [-0.2, -0.15) is 0 Å². The molecule has 14 heavy (non-hydrogen) atoms. The Morgan fingerprint density at radius 2 is 2.07 bits per heavy atom. The second-order valence-corrected chi connectivity index (χ2v) is 3.52. The summed E-state index contributed by atoms with van der Waals surface area (Å²) in [6, 6.07) is 10.1. The largest absolute Gasteiger partial charge is 0.354 e. The van der Waals surface area contributed by atoms with Crippen molar-refractivity contribution in [1.82, 2.24) is 5.32 Å². The third kappa shape index (κ3) is 3.38. The molecule has 0 saturated heterocycles. The molecule has 76 valence electrons. The Bertz CT molecular complexity index is 287. The lowest BCUT2D eigenvalue weighted by atomic mass is 10.0. The van der Waals surface area contributed by atoms with Gasteiger partial charge in [0, 0.05) is 6.54 Å². The summed E-state index contributed by atoms with van der Waals surface area (Å²) in [7, 11) is 0. The molecule has 1 aromatic carbocycles. The van der Waals surface area contributed by atoms with Crippen LogP contribution in [0.15, 0.2) is 30.3 Å². The molecule has 3 heteroatoms. The highest BCUT2D eigenvalue weighted by Gasteiger charge is 2.05. The highest BCUT2D eigenvalue weighted by molar-refractivity contribution is 6.27. The Hall–Kier alpha value is -1.02. The van der Waals surface area contributed by atoms with E-state index in [0.717, 1.165) is 0 Å². The highest BCUT2D eigenvalue weighted by atomic mass is 35.5. The molecule has 0 saturated carbocycles. The van der Waals surface area contributed by atoms with Gasteiger partial charge in [-0.3, -0.25) is 4.79 Å². The van der Waals surface area contributed by atoms with E-state index in [0.29, 0.717) is 12.5 Å². The quantitative estimate of drug-likeness (QED) is 0.760. The fourth-order valence-electron chi connectivity index (χ4n) is 1.21. The molecule has 0 unspecified atom stereocenters. The number of alkyl halides is 1. The molecule has 0 bridgehead atoms. The topological polar surface area (TPSA) is 29.1 Å². The lowest BCUT2D eigenvalue weighted by Crippen LogP contribution is -2.28. The monoisotopic (exact) mass is 211 g/mol. The SMILES string of the molecule is C[C@@H](CNC(=O)CCl)c1ccccc1. The second-order valence-electron chi connectivity index (χ2n) is 3.25. The Kier molecular flexibility index (Phi) is 4.47. The minimum absolute atomic E-state index is 0.0293. The van der Waals surface area contributed by atoms with Crippen LogP contribution in [-0.4, -0.2) is 18.3 Å². The van der Waals surface area contributed by atoms with Crippen LogP contribution in [0.2, 0.25) is 0 Å². The number of rotatable bonds is 4. The van der Waals surface area contributed by atoms with Gasteiger partial charge in [0.15, 0.2) is 0 Å². The van der Waals surface area contributed by atoms with Crippen LogP contribution < -0.4 is 5.32 Å². The molecule has 1 N–H and O–H groups in total. The summed E-state index contributed by atoms with van der Waals surface area (Å²) in [4.78, 5) is 10.9. The summed E-state index contributed by atoms with van der Waals surface area (Å²) in [6.45, 7) is 2.71. The molecule has 0 aromatic heterocycles. The molecule has 0 aliphatic rings. The fourth-order valence-corrected chi connectivity index (χ4v) is 1.31. The van der Waals surface area contributed by atoms with Crippen molar-refractivity contribution in [3.63, 3.8) is 0 Å². The molecule has 0 fully saturated rings. The van der Waals surface area contributed by atoms with E-state index in [-0.39, 0.29) is 11.8 Å². The van der Waals surface area contributed by atoms with Gasteiger partial charge in [0.05, 0.1) is 0 Å². The Labute approximate surface area is 89.3 Å². The number of carbonyl (C=O) groups excluding carboxylic acids is 1. The van der Waals surface area contributed by atoms with E-state index in [4.69, 9.17) is 11.6 Å². The molecule has 1 rings (SSSR count). The molecule has 0 aliphatic heterocycles. The van der Waals surface area contributed by atoms with Gasteiger partial charge in [0.1, 0.15) is 5.88 Å². The molecule has 0 radical (unpaired) electrons. The molecule has 2 nitrogen and oxygen atoms in total. The standard InChI is InChI=1S/C11H14ClNO/c1-9(8-13-11(14)7-12)10-5-3-2-4-6-10/h2-6,9H,7-8H2,1H3,(H,13,14)/t9-/m0/s1. The van der Waals surface area contributed by atoms with Gasteiger partial charge in [-0.05, 0) is 11.5 Å². The van der Waals surface area contributed by atoms with Crippen LogP contribution in [0, 0.1) is 0 Å². The van der Waals surface area contributed by atoms with Crippen molar-refractivity contribution in [3.05, 3.63) is 35.9 Å². The smallest absolute Gasteiger partial charge is 0.234 e. The van der Waals surface area contributed by atoms with Crippen LogP contribution >= 0.6 is 11.6 Å². The molecule has 1 aromatic rings. The van der Waals surface area contributed by atoms with Gasteiger partial charge in [-0.25, -0.2) is 0 Å². The minimum Gasteiger partial charge on any atom is -0.354 e. The number of hydrogen-bond acceptors (Lipinski definition) is 1. The molecular formula is C11H14ClNO. The number of carbonyl (C=O) groups is 1. The van der Waals surface area contributed by atoms with Gasteiger partial charge in [0.25, 0.3) is 0 Å². The van der Waals surface area contributed by atoms with Crippen molar-refractivity contribution in [3.8, 4) is 0 Å². The van der Waals surface area contributed by atoms with E-state index in [1.807, 2.05) is 18.2 Å². The predicted octanol–water partition coefficient (Wildman–Crippen LogP) is 2.15. The Morgan fingerprint density at radius 1 is 1.43 bits per heavy atom. The maximum atomic E-state index is 10.9. The zero-order chi connectivity index (χ0) is 10.4. The van der Waals surface area contributed by atoms with Crippen molar-refractivity contribution < 1.29 is 4.79 Å². The third-order valence-electron chi connectivity index (χ3n) is 2.10. The summed E-state index contributed by atoms with van der Waals surface area (Å²) in [6.07, 6.45) is 0. The van der Waals surface area contributed by atoms with Gasteiger partial charge in [0.2, 0.25) is 5.91 Å². The number of amides is 1.